The van der Waals surface area contributed by atoms with Crippen molar-refractivity contribution in [1.82, 2.24) is 5.32 Å². The van der Waals surface area contributed by atoms with E-state index >= 15 is 0 Å². The Hall–Kier alpha value is -0.730. The molecule has 0 radical (unpaired) electrons. The van der Waals surface area contributed by atoms with Gasteiger partial charge in [0, 0.05) is 20.1 Å². The van der Waals surface area contributed by atoms with E-state index in [1.165, 1.54) is 5.56 Å². The van der Waals surface area contributed by atoms with Crippen LogP contribution in [0, 0.1) is 5.92 Å². The van der Waals surface area contributed by atoms with E-state index < -0.39 is 0 Å². The predicted molar refractivity (Wildman–Crippen MR) is 76.9 cm³/mol. The third-order valence-corrected chi connectivity index (χ3v) is 3.08. The maximum atomic E-state index is 6.28. The van der Waals surface area contributed by atoms with Crippen LogP contribution in [0.3, 0.4) is 0 Å². The molecule has 0 aromatic heterocycles. The lowest BCUT2D eigenvalue weighted by Crippen LogP contribution is -2.19. The van der Waals surface area contributed by atoms with Gasteiger partial charge in [0.2, 0.25) is 0 Å². The Kier molecular flexibility index (Phi) is 5.79. The molecule has 1 rings (SSSR count). The highest BCUT2D eigenvalue weighted by molar-refractivity contribution is 6.33. The Morgan fingerprint density at radius 2 is 2.06 bits per heavy atom. The Morgan fingerprint density at radius 3 is 2.59 bits per heavy atom. The first kappa shape index (κ1) is 14.3. The van der Waals surface area contributed by atoms with E-state index in [4.69, 9.17) is 11.6 Å². The largest absolute Gasteiger partial charge is 0.374 e. The normalized spacial score (nSPS) is 10.9. The van der Waals surface area contributed by atoms with Crippen LogP contribution in [0.4, 0.5) is 5.69 Å². The van der Waals surface area contributed by atoms with Crippen molar-refractivity contribution in [2.45, 2.75) is 27.3 Å². The maximum absolute atomic E-state index is 6.28. The highest BCUT2D eigenvalue weighted by Gasteiger charge is 2.05. The lowest BCUT2D eigenvalue weighted by atomic mass is 10.1. The molecule has 1 N–H and O–H groups in total. The van der Waals surface area contributed by atoms with Gasteiger partial charge in [-0.15, -0.1) is 0 Å². The lowest BCUT2D eigenvalue weighted by Gasteiger charge is -2.19. The molecule has 0 aliphatic carbocycles. The summed E-state index contributed by atoms with van der Waals surface area (Å²) in [6, 6.07) is 6.29. The van der Waals surface area contributed by atoms with Crippen LogP contribution >= 0.6 is 11.6 Å². The number of hydrogen-bond acceptors (Lipinski definition) is 2. The molecule has 96 valence electrons. The predicted octanol–water partition coefficient (Wildman–Crippen LogP) is 3.54. The van der Waals surface area contributed by atoms with Crippen molar-refractivity contribution in [2.75, 3.05) is 25.0 Å². The highest BCUT2D eigenvalue weighted by atomic mass is 35.5. The van der Waals surface area contributed by atoms with E-state index in [9.17, 15) is 0 Å². The Bertz CT molecular complexity index is 350. The molecule has 0 aliphatic rings. The fourth-order valence-corrected chi connectivity index (χ4v) is 1.99. The molecule has 2 nitrogen and oxygen atoms in total. The Labute approximate surface area is 110 Å². The van der Waals surface area contributed by atoms with E-state index in [0.717, 1.165) is 30.3 Å². The molecular formula is C14H23ClN2. The zero-order valence-corrected chi connectivity index (χ0v) is 12.0. The molecule has 1 aromatic carbocycles. The van der Waals surface area contributed by atoms with Gasteiger partial charge in [-0.3, -0.25) is 0 Å². The second kappa shape index (κ2) is 6.87. The topological polar surface area (TPSA) is 15.3 Å². The second-order valence-corrected chi connectivity index (χ2v) is 5.23. The number of benzene rings is 1. The molecule has 0 unspecified atom stereocenters. The summed E-state index contributed by atoms with van der Waals surface area (Å²) in [5, 5.41) is 4.25. The summed E-state index contributed by atoms with van der Waals surface area (Å²) < 4.78 is 0. The van der Waals surface area contributed by atoms with Crippen molar-refractivity contribution < 1.29 is 0 Å². The van der Waals surface area contributed by atoms with Crippen molar-refractivity contribution in [3.63, 3.8) is 0 Å². The van der Waals surface area contributed by atoms with E-state index in [0.29, 0.717) is 5.92 Å². The molecule has 17 heavy (non-hydrogen) atoms. The molecule has 1 aromatic rings. The fraction of sp³-hybridized carbons (Fsp3) is 0.571. The summed E-state index contributed by atoms with van der Waals surface area (Å²) in [6.07, 6.45) is 0. The molecule has 0 amide bonds. The average Bonchev–Trinajstić information content (AvgIpc) is 2.28. The minimum absolute atomic E-state index is 0.677. The van der Waals surface area contributed by atoms with Gasteiger partial charge in [0.25, 0.3) is 0 Å². The first-order valence-electron chi connectivity index (χ1n) is 6.24. The van der Waals surface area contributed by atoms with E-state index in [-0.39, 0.29) is 0 Å². The average molecular weight is 255 g/mol. The smallest absolute Gasteiger partial charge is 0.0642 e. The first-order valence-corrected chi connectivity index (χ1v) is 6.62. The van der Waals surface area contributed by atoms with Gasteiger partial charge in [0.1, 0.15) is 0 Å². The van der Waals surface area contributed by atoms with E-state index in [1.807, 2.05) is 0 Å². The van der Waals surface area contributed by atoms with Crippen molar-refractivity contribution >= 4 is 17.3 Å². The van der Waals surface area contributed by atoms with Gasteiger partial charge < -0.3 is 10.2 Å². The molecule has 0 heterocycles. The van der Waals surface area contributed by atoms with Crippen LogP contribution in [-0.4, -0.2) is 20.1 Å². The minimum Gasteiger partial charge on any atom is -0.374 e. The number of nitrogens with zero attached hydrogens (tertiary/aromatic N) is 1. The first-order chi connectivity index (χ1) is 8.04. The zero-order chi connectivity index (χ0) is 12.8. The molecule has 0 bridgehead atoms. The van der Waals surface area contributed by atoms with E-state index in [1.54, 1.807) is 0 Å². The SMILES string of the molecule is CCN(C)c1ccc(CNCC(C)C)cc1Cl. The second-order valence-electron chi connectivity index (χ2n) is 4.82. The summed E-state index contributed by atoms with van der Waals surface area (Å²) in [5.74, 6) is 0.677. The number of anilines is 1. The molecule has 0 spiro atoms. The summed E-state index contributed by atoms with van der Waals surface area (Å²) in [6.45, 7) is 9.42. The molecule has 0 saturated heterocycles. The summed E-state index contributed by atoms with van der Waals surface area (Å²) in [7, 11) is 2.05. The van der Waals surface area contributed by atoms with Crippen molar-refractivity contribution in [1.29, 1.82) is 0 Å². The van der Waals surface area contributed by atoms with Crippen LogP contribution in [0.25, 0.3) is 0 Å². The summed E-state index contributed by atoms with van der Waals surface area (Å²) in [5.41, 5.74) is 2.34. The summed E-state index contributed by atoms with van der Waals surface area (Å²) in [4.78, 5) is 2.15. The van der Waals surface area contributed by atoms with Crippen LogP contribution in [0.1, 0.15) is 26.3 Å². The molecule has 0 fully saturated rings. The van der Waals surface area contributed by atoms with Crippen molar-refractivity contribution in [3.05, 3.63) is 28.8 Å². The number of hydrogen-bond donors (Lipinski definition) is 1. The molecular weight excluding hydrogens is 232 g/mol. The van der Waals surface area contributed by atoms with Gasteiger partial charge in [-0.25, -0.2) is 0 Å². The number of halogens is 1. The highest BCUT2D eigenvalue weighted by Crippen LogP contribution is 2.25. The van der Waals surface area contributed by atoms with Crippen LogP contribution in [0.15, 0.2) is 18.2 Å². The monoisotopic (exact) mass is 254 g/mol. The third kappa shape index (κ3) is 4.57. The molecule has 0 aliphatic heterocycles. The van der Waals surface area contributed by atoms with Gasteiger partial charge in [-0.1, -0.05) is 31.5 Å². The quantitative estimate of drug-likeness (QED) is 0.835. The van der Waals surface area contributed by atoms with Crippen molar-refractivity contribution in [2.24, 2.45) is 5.92 Å². The lowest BCUT2D eigenvalue weighted by molar-refractivity contribution is 0.552. The molecule has 3 heteroatoms. The van der Waals surface area contributed by atoms with Gasteiger partial charge in [0.15, 0.2) is 0 Å². The van der Waals surface area contributed by atoms with E-state index in [2.05, 4.69) is 56.2 Å². The van der Waals surface area contributed by atoms with Crippen LogP contribution in [0.5, 0.6) is 0 Å². The molecule has 0 atom stereocenters. The fourth-order valence-electron chi connectivity index (χ4n) is 1.65. The van der Waals surface area contributed by atoms with Crippen LogP contribution < -0.4 is 10.2 Å². The van der Waals surface area contributed by atoms with Gasteiger partial charge in [-0.2, -0.15) is 0 Å². The Morgan fingerprint density at radius 1 is 1.35 bits per heavy atom. The van der Waals surface area contributed by atoms with Crippen LogP contribution in [-0.2, 0) is 6.54 Å². The van der Waals surface area contributed by atoms with Crippen molar-refractivity contribution in [3.8, 4) is 0 Å². The van der Waals surface area contributed by atoms with Gasteiger partial charge in [-0.05, 0) is 37.1 Å². The molecule has 0 saturated carbocycles. The van der Waals surface area contributed by atoms with Gasteiger partial charge >= 0.3 is 0 Å². The third-order valence-electron chi connectivity index (χ3n) is 2.78. The van der Waals surface area contributed by atoms with Gasteiger partial charge in [0.05, 0.1) is 10.7 Å². The Balaban J connectivity index is 2.62. The van der Waals surface area contributed by atoms with Crippen LogP contribution in [0.2, 0.25) is 5.02 Å². The number of rotatable bonds is 6. The standard InChI is InChI=1S/C14H23ClN2/c1-5-17(4)14-7-6-12(8-13(14)15)10-16-9-11(2)3/h6-8,11,16H,5,9-10H2,1-4H3. The number of nitrogens with one attached hydrogen (secondary N) is 1. The summed E-state index contributed by atoms with van der Waals surface area (Å²) >= 11 is 6.28. The maximum Gasteiger partial charge on any atom is 0.0642 e. The minimum atomic E-state index is 0.677. The zero-order valence-electron chi connectivity index (χ0n) is 11.3.